The van der Waals surface area contributed by atoms with Crippen molar-refractivity contribution in [1.29, 1.82) is 0 Å². The van der Waals surface area contributed by atoms with E-state index in [1.165, 1.54) is 34.2 Å². The van der Waals surface area contributed by atoms with Gasteiger partial charge >= 0.3 is 0 Å². The normalized spacial score (nSPS) is 19.4. The van der Waals surface area contributed by atoms with E-state index in [0.717, 1.165) is 69.8 Å². The lowest BCUT2D eigenvalue weighted by Crippen LogP contribution is -2.35. The first-order valence-corrected chi connectivity index (χ1v) is 9.49. The molecule has 0 radical (unpaired) electrons. The number of H-pyrrole nitrogens is 1. The first-order chi connectivity index (χ1) is 12.3. The van der Waals surface area contributed by atoms with Gasteiger partial charge in [-0.1, -0.05) is 18.2 Å². The van der Waals surface area contributed by atoms with Gasteiger partial charge in [0.05, 0.1) is 18.9 Å². The Hall–Kier alpha value is -1.91. The number of nitrogens with zero attached hydrogens (tertiary/aromatic N) is 1. The Kier molecular flexibility index (Phi) is 3.75. The van der Waals surface area contributed by atoms with Crippen LogP contribution in [0.15, 0.2) is 23.0 Å². The van der Waals surface area contributed by atoms with Crippen LogP contribution >= 0.6 is 0 Å². The molecule has 1 aromatic heterocycles. The second kappa shape index (κ2) is 6.11. The van der Waals surface area contributed by atoms with Gasteiger partial charge in [-0.05, 0) is 47.9 Å². The minimum atomic E-state index is 0.138. The van der Waals surface area contributed by atoms with Crippen molar-refractivity contribution in [1.82, 2.24) is 9.88 Å². The number of fused-ring (bicyclic) bond motifs is 5. The van der Waals surface area contributed by atoms with Gasteiger partial charge in [0, 0.05) is 37.2 Å². The Labute approximate surface area is 147 Å². The first kappa shape index (κ1) is 15.4. The summed E-state index contributed by atoms with van der Waals surface area (Å²) in [4.78, 5) is 18.1. The van der Waals surface area contributed by atoms with Gasteiger partial charge in [0.2, 0.25) is 0 Å². The summed E-state index contributed by atoms with van der Waals surface area (Å²) >= 11 is 0. The molecule has 0 atom stereocenters. The van der Waals surface area contributed by atoms with E-state index in [4.69, 9.17) is 4.74 Å². The molecule has 2 aliphatic carbocycles. The maximum absolute atomic E-state index is 12.5. The molecule has 4 nitrogen and oxygen atoms in total. The molecule has 3 aliphatic rings. The molecule has 1 N–H and O–H groups in total. The third-order valence-corrected chi connectivity index (χ3v) is 5.96. The van der Waals surface area contributed by atoms with Crippen molar-refractivity contribution in [3.8, 4) is 11.3 Å². The lowest BCUT2D eigenvalue weighted by molar-refractivity contribution is 0.0342. The van der Waals surface area contributed by atoms with Crippen LogP contribution in [-0.4, -0.2) is 36.2 Å². The van der Waals surface area contributed by atoms with Gasteiger partial charge in [0.1, 0.15) is 0 Å². The monoisotopic (exact) mass is 336 g/mol. The quantitative estimate of drug-likeness (QED) is 0.782. The highest BCUT2D eigenvalue weighted by Crippen LogP contribution is 2.39. The Morgan fingerprint density at radius 3 is 2.68 bits per heavy atom. The van der Waals surface area contributed by atoms with Crippen molar-refractivity contribution in [2.75, 3.05) is 26.3 Å². The fourth-order valence-electron chi connectivity index (χ4n) is 4.67. The molecule has 1 aliphatic heterocycles. The van der Waals surface area contributed by atoms with Gasteiger partial charge in [0.25, 0.3) is 5.56 Å². The molecule has 2 aromatic rings. The second-order valence-electron chi connectivity index (χ2n) is 7.53. The summed E-state index contributed by atoms with van der Waals surface area (Å²) in [6, 6.07) is 6.78. The fraction of sp³-hybridized carbons (Fsp3) is 0.476. The summed E-state index contributed by atoms with van der Waals surface area (Å²) in [6.07, 6.45) is 5.33. The van der Waals surface area contributed by atoms with Crippen LogP contribution in [0, 0.1) is 0 Å². The van der Waals surface area contributed by atoms with Crippen molar-refractivity contribution in [2.24, 2.45) is 0 Å². The number of hydrogen-bond donors (Lipinski definition) is 1. The average Bonchev–Trinajstić information content (AvgIpc) is 3.01. The number of pyridine rings is 1. The van der Waals surface area contributed by atoms with E-state index < -0.39 is 0 Å². The highest BCUT2D eigenvalue weighted by Gasteiger charge is 2.27. The fourth-order valence-corrected chi connectivity index (χ4v) is 4.67. The zero-order chi connectivity index (χ0) is 16.8. The van der Waals surface area contributed by atoms with Crippen LogP contribution in [0.4, 0.5) is 0 Å². The van der Waals surface area contributed by atoms with Crippen molar-refractivity contribution in [3.63, 3.8) is 0 Å². The van der Waals surface area contributed by atoms with E-state index in [-0.39, 0.29) is 5.56 Å². The highest BCUT2D eigenvalue weighted by atomic mass is 16.5. The molecule has 0 bridgehead atoms. The van der Waals surface area contributed by atoms with Crippen LogP contribution in [0.5, 0.6) is 0 Å². The summed E-state index contributed by atoms with van der Waals surface area (Å²) in [6.45, 7) is 4.69. The second-order valence-corrected chi connectivity index (χ2v) is 7.53. The Bertz CT molecular complexity index is 878. The minimum Gasteiger partial charge on any atom is -0.379 e. The third-order valence-electron chi connectivity index (χ3n) is 5.96. The first-order valence-electron chi connectivity index (χ1n) is 9.49. The molecular weight excluding hydrogens is 312 g/mol. The zero-order valence-corrected chi connectivity index (χ0v) is 14.6. The van der Waals surface area contributed by atoms with Crippen LogP contribution in [0.3, 0.4) is 0 Å². The van der Waals surface area contributed by atoms with Crippen LogP contribution in [0.1, 0.15) is 40.7 Å². The van der Waals surface area contributed by atoms with E-state index in [2.05, 4.69) is 28.1 Å². The maximum Gasteiger partial charge on any atom is 0.251 e. The van der Waals surface area contributed by atoms with Gasteiger partial charge in [0.15, 0.2) is 0 Å². The van der Waals surface area contributed by atoms with E-state index in [9.17, 15) is 4.79 Å². The summed E-state index contributed by atoms with van der Waals surface area (Å²) in [5.41, 5.74) is 8.96. The molecule has 1 aromatic carbocycles. The largest absolute Gasteiger partial charge is 0.379 e. The number of morpholine rings is 1. The van der Waals surface area contributed by atoms with E-state index in [1.807, 2.05) is 0 Å². The maximum atomic E-state index is 12.5. The van der Waals surface area contributed by atoms with Gasteiger partial charge in [-0.2, -0.15) is 0 Å². The molecule has 130 valence electrons. The Morgan fingerprint density at radius 1 is 1.04 bits per heavy atom. The van der Waals surface area contributed by atoms with Gasteiger partial charge in [-0.25, -0.2) is 0 Å². The SMILES string of the molecule is O=c1[nH]c2c(c3c1CCCC3)Cc1cc(CN3CCOCC3)ccc1-2. The summed E-state index contributed by atoms with van der Waals surface area (Å²) in [5, 5.41) is 0. The lowest BCUT2D eigenvalue weighted by atomic mass is 9.88. The number of ether oxygens (including phenoxy) is 1. The average molecular weight is 336 g/mol. The molecule has 0 amide bonds. The molecule has 1 saturated heterocycles. The molecule has 25 heavy (non-hydrogen) atoms. The van der Waals surface area contributed by atoms with E-state index in [0.29, 0.717) is 0 Å². The van der Waals surface area contributed by atoms with Crippen LogP contribution < -0.4 is 5.56 Å². The Balaban J connectivity index is 1.49. The smallest absolute Gasteiger partial charge is 0.251 e. The number of aromatic amines is 1. The van der Waals surface area contributed by atoms with Gasteiger partial charge < -0.3 is 9.72 Å². The van der Waals surface area contributed by atoms with Crippen LogP contribution in [-0.2, 0) is 30.5 Å². The van der Waals surface area contributed by atoms with Gasteiger partial charge in [-0.15, -0.1) is 0 Å². The molecule has 0 unspecified atom stereocenters. The molecular formula is C21H24N2O2. The standard InChI is InChI=1S/C21H24N2O2/c24-21-18-4-2-1-3-17(18)19-12-15-11-14(5-6-16(15)20(19)22-21)13-23-7-9-25-10-8-23/h5-6,11H,1-4,7-10,12-13H2,(H,22,24). The summed E-state index contributed by atoms with van der Waals surface area (Å²) < 4.78 is 5.44. The predicted octanol–water partition coefficient (Wildman–Crippen LogP) is 2.66. The zero-order valence-electron chi connectivity index (χ0n) is 14.6. The van der Waals surface area contributed by atoms with Crippen molar-refractivity contribution < 1.29 is 4.74 Å². The number of nitrogens with one attached hydrogen (secondary N) is 1. The van der Waals surface area contributed by atoms with Crippen molar-refractivity contribution in [3.05, 3.63) is 56.4 Å². The number of rotatable bonds is 2. The molecule has 1 fully saturated rings. The Morgan fingerprint density at radius 2 is 1.84 bits per heavy atom. The topological polar surface area (TPSA) is 45.3 Å². The number of benzene rings is 1. The summed E-state index contributed by atoms with van der Waals surface area (Å²) in [7, 11) is 0. The molecule has 0 spiro atoms. The molecule has 0 saturated carbocycles. The number of hydrogen-bond acceptors (Lipinski definition) is 3. The number of aromatic nitrogens is 1. The van der Waals surface area contributed by atoms with Crippen molar-refractivity contribution >= 4 is 0 Å². The lowest BCUT2D eigenvalue weighted by Gasteiger charge is -2.26. The van der Waals surface area contributed by atoms with Gasteiger partial charge in [-0.3, -0.25) is 9.69 Å². The van der Waals surface area contributed by atoms with Crippen LogP contribution in [0.25, 0.3) is 11.3 Å². The van der Waals surface area contributed by atoms with Crippen molar-refractivity contribution in [2.45, 2.75) is 38.6 Å². The molecule has 4 heteroatoms. The molecule has 5 rings (SSSR count). The van der Waals surface area contributed by atoms with E-state index in [1.54, 1.807) is 0 Å². The molecule has 2 heterocycles. The van der Waals surface area contributed by atoms with E-state index >= 15 is 0 Å². The summed E-state index contributed by atoms with van der Waals surface area (Å²) in [5.74, 6) is 0. The minimum absolute atomic E-state index is 0.138. The highest BCUT2D eigenvalue weighted by molar-refractivity contribution is 5.75. The predicted molar refractivity (Wildman–Crippen MR) is 98.0 cm³/mol. The van der Waals surface area contributed by atoms with Crippen LogP contribution in [0.2, 0.25) is 0 Å². The third kappa shape index (κ3) is 2.64.